The van der Waals surface area contributed by atoms with Crippen LogP contribution in [0.25, 0.3) is 0 Å². The summed E-state index contributed by atoms with van der Waals surface area (Å²) >= 11 is 0. The van der Waals surface area contributed by atoms with Crippen molar-refractivity contribution in [1.29, 1.82) is 0 Å². The Morgan fingerprint density at radius 3 is 2.58 bits per heavy atom. The standard InChI is InChI=1S/C13H20FN3O2/c1-4-19-11-6-10(9(15)5-8(11)14)17-12(7(2)3)13(16)18/h5-7,12,17H,4,15H2,1-3H3,(H2,16,18). The lowest BCUT2D eigenvalue weighted by Gasteiger charge is -2.21. The monoisotopic (exact) mass is 269 g/mol. The molecule has 0 spiro atoms. The Kier molecular flexibility index (Phi) is 4.97. The van der Waals surface area contributed by atoms with Gasteiger partial charge in [-0.2, -0.15) is 0 Å². The van der Waals surface area contributed by atoms with E-state index in [9.17, 15) is 9.18 Å². The Morgan fingerprint density at radius 2 is 2.11 bits per heavy atom. The van der Waals surface area contributed by atoms with Crippen molar-refractivity contribution in [3.05, 3.63) is 17.9 Å². The summed E-state index contributed by atoms with van der Waals surface area (Å²) < 4.78 is 18.7. The number of hydrogen-bond acceptors (Lipinski definition) is 4. The Hall–Kier alpha value is -1.98. The molecule has 0 aliphatic rings. The van der Waals surface area contributed by atoms with Crippen LogP contribution >= 0.6 is 0 Å². The van der Waals surface area contributed by atoms with Crippen molar-refractivity contribution in [2.24, 2.45) is 11.7 Å². The Labute approximate surface area is 112 Å². The second kappa shape index (κ2) is 6.26. The summed E-state index contributed by atoms with van der Waals surface area (Å²) in [5.41, 5.74) is 11.7. The predicted molar refractivity (Wildman–Crippen MR) is 73.4 cm³/mol. The third-order valence-corrected chi connectivity index (χ3v) is 2.69. The number of rotatable bonds is 6. The lowest BCUT2D eigenvalue weighted by atomic mass is 10.0. The molecule has 0 aliphatic carbocycles. The summed E-state index contributed by atoms with van der Waals surface area (Å²) in [4.78, 5) is 11.3. The van der Waals surface area contributed by atoms with Crippen LogP contribution in [0.2, 0.25) is 0 Å². The first-order valence-electron chi connectivity index (χ1n) is 6.14. The highest BCUT2D eigenvalue weighted by Gasteiger charge is 2.21. The molecule has 1 amide bonds. The molecule has 0 saturated carbocycles. The Bertz CT molecular complexity index is 463. The van der Waals surface area contributed by atoms with Crippen molar-refractivity contribution in [1.82, 2.24) is 0 Å². The topological polar surface area (TPSA) is 90.4 Å². The van der Waals surface area contributed by atoms with E-state index in [1.807, 2.05) is 13.8 Å². The van der Waals surface area contributed by atoms with Gasteiger partial charge in [0.15, 0.2) is 11.6 Å². The number of nitrogen functional groups attached to an aromatic ring is 1. The molecule has 106 valence electrons. The maximum atomic E-state index is 13.5. The van der Waals surface area contributed by atoms with Gasteiger partial charge in [0, 0.05) is 12.1 Å². The SMILES string of the molecule is CCOc1cc(NC(C(N)=O)C(C)C)c(N)cc1F. The number of ether oxygens (including phenoxy) is 1. The second-order valence-corrected chi connectivity index (χ2v) is 4.57. The van der Waals surface area contributed by atoms with Crippen molar-refractivity contribution >= 4 is 17.3 Å². The Morgan fingerprint density at radius 1 is 1.47 bits per heavy atom. The van der Waals surface area contributed by atoms with Crippen LogP contribution in [-0.4, -0.2) is 18.6 Å². The number of nitrogens with two attached hydrogens (primary N) is 2. The van der Waals surface area contributed by atoms with Crippen molar-refractivity contribution in [2.45, 2.75) is 26.8 Å². The fraction of sp³-hybridized carbons (Fsp3) is 0.462. The van der Waals surface area contributed by atoms with Gasteiger partial charge < -0.3 is 21.5 Å². The van der Waals surface area contributed by atoms with Crippen LogP contribution in [0.15, 0.2) is 12.1 Å². The number of hydrogen-bond donors (Lipinski definition) is 3. The molecule has 0 aliphatic heterocycles. The summed E-state index contributed by atoms with van der Waals surface area (Å²) in [6.45, 7) is 5.80. The third-order valence-electron chi connectivity index (χ3n) is 2.69. The number of carbonyl (C=O) groups is 1. The number of carbonyl (C=O) groups excluding carboxylic acids is 1. The van der Waals surface area contributed by atoms with Crippen molar-refractivity contribution in [2.75, 3.05) is 17.7 Å². The first-order chi connectivity index (χ1) is 8.86. The van der Waals surface area contributed by atoms with Crippen LogP contribution in [-0.2, 0) is 4.79 Å². The van der Waals surface area contributed by atoms with Crippen LogP contribution in [0, 0.1) is 11.7 Å². The summed E-state index contributed by atoms with van der Waals surface area (Å²) in [5, 5.41) is 2.93. The van der Waals surface area contributed by atoms with E-state index in [1.165, 1.54) is 6.07 Å². The van der Waals surface area contributed by atoms with Crippen LogP contribution < -0.4 is 21.5 Å². The van der Waals surface area contributed by atoms with E-state index >= 15 is 0 Å². The first-order valence-corrected chi connectivity index (χ1v) is 6.14. The maximum absolute atomic E-state index is 13.5. The molecule has 0 saturated heterocycles. The number of primary amides is 1. The third kappa shape index (κ3) is 3.74. The molecule has 6 heteroatoms. The molecule has 0 radical (unpaired) electrons. The molecule has 19 heavy (non-hydrogen) atoms. The highest BCUT2D eigenvalue weighted by molar-refractivity contribution is 5.85. The van der Waals surface area contributed by atoms with E-state index in [0.717, 1.165) is 6.07 Å². The minimum Gasteiger partial charge on any atom is -0.491 e. The molecule has 0 fully saturated rings. The maximum Gasteiger partial charge on any atom is 0.240 e. The van der Waals surface area contributed by atoms with Gasteiger partial charge in [-0.25, -0.2) is 4.39 Å². The van der Waals surface area contributed by atoms with Gasteiger partial charge in [-0.15, -0.1) is 0 Å². The molecule has 1 aromatic carbocycles. The van der Waals surface area contributed by atoms with Gasteiger partial charge in [0.25, 0.3) is 0 Å². The highest BCUT2D eigenvalue weighted by Crippen LogP contribution is 2.29. The smallest absolute Gasteiger partial charge is 0.240 e. The van der Waals surface area contributed by atoms with Crippen molar-refractivity contribution in [3.8, 4) is 5.75 Å². The van der Waals surface area contributed by atoms with Gasteiger partial charge in [0.1, 0.15) is 6.04 Å². The second-order valence-electron chi connectivity index (χ2n) is 4.57. The molecule has 1 rings (SSSR count). The average Bonchev–Trinajstić information content (AvgIpc) is 2.30. The zero-order valence-corrected chi connectivity index (χ0v) is 11.4. The van der Waals surface area contributed by atoms with Gasteiger partial charge in [-0.3, -0.25) is 4.79 Å². The molecular weight excluding hydrogens is 249 g/mol. The molecular formula is C13H20FN3O2. The predicted octanol–water partition coefficient (Wildman–Crippen LogP) is 1.73. The van der Waals surface area contributed by atoms with Gasteiger partial charge in [-0.1, -0.05) is 13.8 Å². The van der Waals surface area contributed by atoms with E-state index < -0.39 is 17.8 Å². The van der Waals surface area contributed by atoms with Crippen LogP contribution in [0.1, 0.15) is 20.8 Å². The summed E-state index contributed by atoms with van der Waals surface area (Å²) in [6.07, 6.45) is 0. The fourth-order valence-corrected chi connectivity index (χ4v) is 1.69. The lowest BCUT2D eigenvalue weighted by molar-refractivity contribution is -0.119. The first kappa shape index (κ1) is 15.1. The van der Waals surface area contributed by atoms with Crippen LogP contribution in [0.3, 0.4) is 0 Å². The number of amides is 1. The average molecular weight is 269 g/mol. The summed E-state index contributed by atoms with van der Waals surface area (Å²) in [7, 11) is 0. The quantitative estimate of drug-likeness (QED) is 0.686. The van der Waals surface area contributed by atoms with Gasteiger partial charge in [0.05, 0.1) is 18.0 Å². The molecule has 0 aromatic heterocycles. The molecule has 5 nitrogen and oxygen atoms in total. The fourth-order valence-electron chi connectivity index (χ4n) is 1.69. The van der Waals surface area contributed by atoms with Crippen LogP contribution in [0.5, 0.6) is 5.75 Å². The van der Waals surface area contributed by atoms with Gasteiger partial charge in [-0.05, 0) is 12.8 Å². The number of nitrogens with one attached hydrogen (secondary N) is 1. The number of halogens is 1. The van der Waals surface area contributed by atoms with E-state index in [4.69, 9.17) is 16.2 Å². The van der Waals surface area contributed by atoms with Crippen LogP contribution in [0.4, 0.5) is 15.8 Å². The number of anilines is 2. The molecule has 5 N–H and O–H groups in total. The normalized spacial score (nSPS) is 12.3. The minimum atomic E-state index is -0.581. The summed E-state index contributed by atoms with van der Waals surface area (Å²) in [6, 6.07) is 2.01. The van der Waals surface area contributed by atoms with Crippen molar-refractivity contribution < 1.29 is 13.9 Å². The van der Waals surface area contributed by atoms with Crippen molar-refractivity contribution in [3.63, 3.8) is 0 Å². The molecule has 1 aromatic rings. The number of benzene rings is 1. The Balaban J connectivity index is 3.05. The molecule has 1 unspecified atom stereocenters. The van der Waals surface area contributed by atoms with E-state index in [-0.39, 0.29) is 17.4 Å². The van der Waals surface area contributed by atoms with E-state index in [0.29, 0.717) is 12.3 Å². The lowest BCUT2D eigenvalue weighted by Crippen LogP contribution is -2.39. The molecule has 0 heterocycles. The molecule has 0 bridgehead atoms. The molecule has 1 atom stereocenters. The zero-order chi connectivity index (χ0) is 14.6. The van der Waals surface area contributed by atoms with Gasteiger partial charge >= 0.3 is 0 Å². The van der Waals surface area contributed by atoms with E-state index in [2.05, 4.69) is 5.32 Å². The summed E-state index contributed by atoms with van der Waals surface area (Å²) in [5.74, 6) is -0.953. The highest BCUT2D eigenvalue weighted by atomic mass is 19.1. The van der Waals surface area contributed by atoms with E-state index in [1.54, 1.807) is 6.92 Å². The van der Waals surface area contributed by atoms with Gasteiger partial charge in [0.2, 0.25) is 5.91 Å². The minimum absolute atomic E-state index is 0.0162. The largest absolute Gasteiger partial charge is 0.491 e. The zero-order valence-electron chi connectivity index (χ0n) is 11.4.